The minimum absolute atomic E-state index is 0.0301. The largest absolute Gasteiger partial charge is 0.494 e. The standard InChI is InChI=1S/C30H39NO8.C26H31NO10.C24H27NO8.C22H23NO8/c1-25-10-12-26(13-11-25)35-18-6-2-4-8-29(32)37-22-20-34-21-23-38-30(33)9-5-3-7-19-36-27-14-16-28(17-15-27)39-24-31;1-21-2-4-22(5-3-21)33-14-12-31-18-25(28)35-16-10-30-11-17-36-26(29)19-32-13-15-34-23-6-8-24(9-7-23)37-20-27;1-17-4-6-21(7-5-17)32-18(2)23(26)29-14-12-28-13-15-30-24(27)19(3)33-22-10-8-20(9-11-22)31-16-25;1-17-2-4-18(5-3-17)29-14-21(24)27-12-10-26-11-13-28-22(25)15-30-19-6-8-20(9-7-19)31-16-23/h10-17H,2-9,18-23H2,1H3;2-9H,10-19H2,1H3;4-11,18-19H,12-15H2,1-3H3;2-9H,10-15H2,1H3. The van der Waals surface area contributed by atoms with Gasteiger partial charge in [0.2, 0.25) is 0 Å². The van der Waals surface area contributed by atoms with E-state index in [0.29, 0.717) is 96.6 Å². The van der Waals surface area contributed by atoms with Gasteiger partial charge >= 0.3 is 47.8 Å². The van der Waals surface area contributed by atoms with Crippen molar-refractivity contribution >= 4 is 47.8 Å². The molecule has 0 spiro atoms. The van der Waals surface area contributed by atoms with Gasteiger partial charge in [-0.15, -0.1) is 21.0 Å². The first-order valence-corrected chi connectivity index (χ1v) is 44.8. The van der Waals surface area contributed by atoms with E-state index in [1.807, 2.05) is 100 Å². The van der Waals surface area contributed by atoms with Crippen molar-refractivity contribution in [3.63, 3.8) is 0 Å². The summed E-state index contributed by atoms with van der Waals surface area (Å²) in [6, 6.07) is 56.1. The van der Waals surface area contributed by atoms with Gasteiger partial charge in [-0.25, -0.2) is 28.8 Å². The number of esters is 8. The Kier molecular flexibility index (Phi) is 61.0. The predicted octanol–water partition coefficient (Wildman–Crippen LogP) is 13.6. The highest BCUT2D eigenvalue weighted by Gasteiger charge is 2.20. The molecular weight excluding hydrogens is 1830 g/mol. The second kappa shape index (κ2) is 74.1. The summed E-state index contributed by atoms with van der Waals surface area (Å²) in [4.78, 5) is 94.0. The normalized spacial score (nSPS) is 10.6. The lowest BCUT2D eigenvalue weighted by Crippen LogP contribution is -2.28. The Bertz CT molecular complexity index is 4970. The van der Waals surface area contributed by atoms with Crippen LogP contribution in [0.5, 0.6) is 69.0 Å². The summed E-state index contributed by atoms with van der Waals surface area (Å²) in [5, 5.41) is 33.8. The van der Waals surface area contributed by atoms with Crippen molar-refractivity contribution in [3.05, 3.63) is 216 Å². The van der Waals surface area contributed by atoms with E-state index in [9.17, 15) is 38.4 Å². The molecule has 0 aliphatic rings. The molecule has 0 saturated carbocycles. The molecule has 0 aromatic heterocycles. The lowest BCUT2D eigenvalue weighted by Gasteiger charge is -2.15. The number of rotatable bonds is 66. The molecule has 0 bridgehead atoms. The van der Waals surface area contributed by atoms with E-state index < -0.39 is 48.0 Å². The Morgan fingerprint density at radius 3 is 0.693 bits per heavy atom. The fourth-order valence-electron chi connectivity index (χ4n) is 10.8. The minimum Gasteiger partial charge on any atom is -0.494 e. The Morgan fingerprint density at radius 1 is 0.214 bits per heavy atom. The highest BCUT2D eigenvalue weighted by atomic mass is 16.6. The third-order valence-electron chi connectivity index (χ3n) is 17.9. The molecule has 0 aliphatic carbocycles. The summed E-state index contributed by atoms with van der Waals surface area (Å²) < 4.78 is 134. The van der Waals surface area contributed by atoms with Crippen LogP contribution in [0.25, 0.3) is 0 Å². The minimum atomic E-state index is -0.830. The van der Waals surface area contributed by atoms with Crippen molar-refractivity contribution in [2.24, 2.45) is 0 Å². The van der Waals surface area contributed by atoms with E-state index in [-0.39, 0.29) is 164 Å². The van der Waals surface area contributed by atoms with Gasteiger partial charge in [-0.05, 0) is 226 Å². The monoisotopic (exact) mass is 1940 g/mol. The van der Waals surface area contributed by atoms with Gasteiger partial charge in [0.15, 0.2) is 25.4 Å². The third kappa shape index (κ3) is 58.3. The Morgan fingerprint density at radius 2 is 0.421 bits per heavy atom. The van der Waals surface area contributed by atoms with Crippen LogP contribution < -0.4 is 56.8 Å². The maximum absolute atomic E-state index is 12.0. The number of nitrogens with zero attached hydrogens (tertiary/aromatic N) is 4. The fraction of sp³-hybridized carbons (Fsp3) is 0.412. The molecule has 38 heteroatoms. The van der Waals surface area contributed by atoms with Gasteiger partial charge in [0.05, 0.1) is 79.3 Å². The number of carbonyl (C=O) groups excluding carboxylic acids is 8. The van der Waals surface area contributed by atoms with Gasteiger partial charge in [0.1, 0.15) is 148 Å². The molecule has 0 radical (unpaired) electrons. The first kappa shape index (κ1) is 115. The van der Waals surface area contributed by atoms with Crippen LogP contribution in [0.2, 0.25) is 0 Å². The van der Waals surface area contributed by atoms with Crippen molar-refractivity contribution in [2.75, 3.05) is 172 Å². The predicted molar refractivity (Wildman–Crippen MR) is 498 cm³/mol. The van der Waals surface area contributed by atoms with Gasteiger partial charge in [0, 0.05) is 12.8 Å². The van der Waals surface area contributed by atoms with Crippen LogP contribution in [0.4, 0.5) is 0 Å². The summed E-state index contributed by atoms with van der Waals surface area (Å²) in [6.07, 6.45) is 10.4. The van der Waals surface area contributed by atoms with E-state index in [0.717, 1.165) is 60.3 Å². The Labute approximate surface area is 813 Å². The maximum Gasteiger partial charge on any atom is 0.347 e. The zero-order valence-electron chi connectivity index (χ0n) is 79.3. The molecule has 2 atom stereocenters. The molecule has 0 amide bonds. The smallest absolute Gasteiger partial charge is 0.347 e. The molecule has 0 fully saturated rings. The number of carbonyl (C=O) groups is 8. The summed E-state index contributed by atoms with van der Waals surface area (Å²) in [7, 11) is 0. The molecule has 0 heterocycles. The van der Waals surface area contributed by atoms with Crippen molar-refractivity contribution in [2.45, 2.75) is 105 Å². The molecule has 8 aromatic rings. The first-order chi connectivity index (χ1) is 68.1. The quantitative estimate of drug-likeness (QED) is 0.0148. The van der Waals surface area contributed by atoms with E-state index in [4.69, 9.17) is 130 Å². The Balaban J connectivity index is 0.000000330. The Hall–Kier alpha value is -15.2. The van der Waals surface area contributed by atoms with Crippen LogP contribution in [0.1, 0.15) is 87.5 Å². The van der Waals surface area contributed by atoms with Crippen LogP contribution in [0.15, 0.2) is 194 Å². The molecule has 38 nitrogen and oxygen atoms in total. The highest BCUT2D eigenvalue weighted by Crippen LogP contribution is 2.24. The summed E-state index contributed by atoms with van der Waals surface area (Å²) in [5.74, 6) is 2.93. The number of benzene rings is 8. The van der Waals surface area contributed by atoms with E-state index in [1.54, 1.807) is 160 Å². The van der Waals surface area contributed by atoms with Gasteiger partial charge in [-0.1, -0.05) is 70.8 Å². The number of unbranched alkanes of at least 4 members (excludes halogenated alkanes) is 4. The summed E-state index contributed by atoms with van der Waals surface area (Å²) in [6.45, 7) is 14.6. The van der Waals surface area contributed by atoms with Gasteiger partial charge in [-0.3, -0.25) is 9.59 Å². The molecule has 0 N–H and O–H groups in total. The van der Waals surface area contributed by atoms with Crippen LogP contribution in [0.3, 0.4) is 0 Å². The van der Waals surface area contributed by atoms with Gasteiger partial charge in [-0.2, -0.15) is 0 Å². The molecule has 752 valence electrons. The number of hydrogen-bond acceptors (Lipinski definition) is 38. The molecular formula is C102H120N4O34. The third-order valence-corrected chi connectivity index (χ3v) is 17.9. The van der Waals surface area contributed by atoms with Crippen LogP contribution in [-0.2, 0) is 105 Å². The SMILES string of the molecule is Cc1ccc(OC(C)C(=O)OCCOCCOC(=O)C(C)Oc2ccc(OC#N)cc2)cc1.Cc1ccc(OCC(=O)OCCOCCOC(=O)COc2ccc(OC#N)cc2)cc1.Cc1ccc(OCCCCCC(=O)OCCOCCOC(=O)CCCCCOc2ccc(OC#N)cc2)cc1.Cc1ccc(OCCOCC(=O)OCCOCCOC(=O)COCCOc2ccc(OC#N)cc2)cc1. The highest BCUT2D eigenvalue weighted by molar-refractivity contribution is 5.75. The molecule has 2 unspecified atom stereocenters. The van der Waals surface area contributed by atoms with Crippen molar-refractivity contribution < 1.29 is 162 Å². The van der Waals surface area contributed by atoms with E-state index >= 15 is 0 Å². The zero-order chi connectivity index (χ0) is 101. The van der Waals surface area contributed by atoms with Crippen molar-refractivity contribution in [3.8, 4) is 94.0 Å². The van der Waals surface area contributed by atoms with Gasteiger partial charge < -0.3 is 123 Å². The van der Waals surface area contributed by atoms with Crippen molar-refractivity contribution in [1.82, 2.24) is 0 Å². The average Bonchev–Trinajstić information content (AvgIpc) is 0.899. The number of ether oxygens (including phenoxy) is 26. The average molecular weight is 1950 g/mol. The lowest BCUT2D eigenvalue weighted by molar-refractivity contribution is -0.155. The number of aryl methyl sites for hydroxylation is 4. The second-order valence-corrected chi connectivity index (χ2v) is 29.2. The van der Waals surface area contributed by atoms with Crippen LogP contribution in [-0.4, -0.2) is 232 Å². The van der Waals surface area contributed by atoms with Crippen molar-refractivity contribution in [1.29, 1.82) is 21.0 Å². The summed E-state index contributed by atoms with van der Waals surface area (Å²) in [5.41, 5.74) is 4.55. The fourth-order valence-corrected chi connectivity index (χ4v) is 10.8. The lowest BCUT2D eigenvalue weighted by atomic mass is 10.2. The van der Waals surface area contributed by atoms with E-state index in [1.165, 1.54) is 5.56 Å². The van der Waals surface area contributed by atoms with Gasteiger partial charge in [0.25, 0.3) is 25.0 Å². The number of hydrogen-bond donors (Lipinski definition) is 0. The maximum atomic E-state index is 12.0. The number of nitriles is 4. The second-order valence-electron chi connectivity index (χ2n) is 29.2. The molecule has 140 heavy (non-hydrogen) atoms. The zero-order valence-corrected chi connectivity index (χ0v) is 79.3. The molecule has 0 saturated heterocycles. The van der Waals surface area contributed by atoms with Crippen LogP contribution in [0, 0.1) is 73.8 Å². The molecule has 8 aromatic carbocycles. The molecule has 8 rings (SSSR count). The topological polar surface area (TPSA) is 472 Å². The first-order valence-electron chi connectivity index (χ1n) is 44.8. The van der Waals surface area contributed by atoms with Crippen LogP contribution >= 0.6 is 0 Å². The molecule has 0 aliphatic heterocycles. The van der Waals surface area contributed by atoms with E-state index in [2.05, 4.69) is 14.2 Å². The summed E-state index contributed by atoms with van der Waals surface area (Å²) >= 11 is 0.